The lowest BCUT2D eigenvalue weighted by molar-refractivity contribution is -0.120. The summed E-state index contributed by atoms with van der Waals surface area (Å²) in [6, 6.07) is 4.18. The molecule has 0 spiro atoms. The third kappa shape index (κ3) is 3.54. The highest BCUT2D eigenvalue weighted by Crippen LogP contribution is 2.47. The lowest BCUT2D eigenvalue weighted by atomic mass is 9.79. The van der Waals surface area contributed by atoms with Crippen molar-refractivity contribution < 1.29 is 23.8 Å². The number of fused-ring (bicyclic) bond motifs is 1. The minimum Gasteiger partial charge on any atom is -0.482 e. The van der Waals surface area contributed by atoms with Crippen LogP contribution in [0.2, 0.25) is 0 Å². The lowest BCUT2D eigenvalue weighted by Crippen LogP contribution is -2.46. The van der Waals surface area contributed by atoms with Crippen LogP contribution >= 0.6 is 11.3 Å². The van der Waals surface area contributed by atoms with Crippen LogP contribution in [0.4, 0.5) is 0 Å². The number of carbonyl (C=O) groups excluding carboxylic acids is 2. The summed E-state index contributed by atoms with van der Waals surface area (Å²) in [6.07, 6.45) is 4.76. The molecule has 8 nitrogen and oxygen atoms in total. The Hall–Kier alpha value is -2.91. The molecule has 4 N–H and O–H groups in total. The number of nitrogens with one attached hydrogen (secondary N) is 1. The Morgan fingerprint density at radius 3 is 2.73 bits per heavy atom. The summed E-state index contributed by atoms with van der Waals surface area (Å²) in [5, 5.41) is 13.3. The molecular formula is C21H23N3O5S. The van der Waals surface area contributed by atoms with E-state index in [4.69, 9.17) is 14.9 Å². The van der Waals surface area contributed by atoms with Crippen LogP contribution in [0.3, 0.4) is 0 Å². The number of rotatable bonds is 7. The normalized spacial score (nSPS) is 16.1. The molecule has 1 aromatic carbocycles. The van der Waals surface area contributed by atoms with Gasteiger partial charge in [-0.3, -0.25) is 9.59 Å². The summed E-state index contributed by atoms with van der Waals surface area (Å²) in [5.41, 5.74) is 5.63. The lowest BCUT2D eigenvalue weighted by Gasteiger charge is -2.40. The van der Waals surface area contributed by atoms with Gasteiger partial charge in [0.1, 0.15) is 28.7 Å². The van der Waals surface area contributed by atoms with Gasteiger partial charge in [-0.15, -0.1) is 11.3 Å². The second-order valence-corrected chi connectivity index (χ2v) is 8.73. The molecule has 0 unspecified atom stereocenters. The maximum absolute atomic E-state index is 12.8. The number of furan rings is 1. The fourth-order valence-electron chi connectivity index (χ4n) is 3.68. The van der Waals surface area contributed by atoms with Crippen LogP contribution < -0.4 is 15.8 Å². The molecule has 2 aromatic heterocycles. The first-order valence-electron chi connectivity index (χ1n) is 9.69. The first-order chi connectivity index (χ1) is 14.3. The maximum atomic E-state index is 12.8. The van der Waals surface area contributed by atoms with E-state index < -0.39 is 30.1 Å². The van der Waals surface area contributed by atoms with E-state index in [-0.39, 0.29) is 5.56 Å². The molecule has 3 aromatic rings. The highest BCUT2D eigenvalue weighted by Gasteiger charge is 2.43. The van der Waals surface area contributed by atoms with Crippen molar-refractivity contribution in [3.8, 4) is 5.75 Å². The summed E-state index contributed by atoms with van der Waals surface area (Å²) in [4.78, 5) is 29.6. The summed E-state index contributed by atoms with van der Waals surface area (Å²) < 4.78 is 12.1. The van der Waals surface area contributed by atoms with Crippen LogP contribution in [0.15, 0.2) is 28.8 Å². The Morgan fingerprint density at radius 1 is 1.40 bits per heavy atom. The minimum atomic E-state index is -1.17. The third-order valence-corrected chi connectivity index (χ3v) is 6.54. The zero-order valence-corrected chi connectivity index (χ0v) is 17.5. The number of ether oxygens (including phenoxy) is 1. The van der Waals surface area contributed by atoms with E-state index >= 15 is 0 Å². The number of aromatic nitrogens is 1. The molecule has 1 aliphatic carbocycles. The van der Waals surface area contributed by atoms with Crippen LogP contribution in [-0.2, 0) is 10.4 Å². The molecule has 30 heavy (non-hydrogen) atoms. The van der Waals surface area contributed by atoms with E-state index in [1.54, 1.807) is 30.4 Å². The van der Waals surface area contributed by atoms with Crippen molar-refractivity contribution in [2.45, 2.75) is 44.8 Å². The number of hydrogen-bond acceptors (Lipinski definition) is 7. The molecule has 0 radical (unpaired) electrons. The second-order valence-electron chi connectivity index (χ2n) is 7.50. The van der Waals surface area contributed by atoms with Crippen molar-refractivity contribution in [1.82, 2.24) is 10.3 Å². The SMILES string of the molecule is Cc1ncc(C2(Oc3ccc4oc(C)c(C(=O)N[C@@H](CO)C(N)=O)c4c3)CCC2)s1. The molecule has 2 heterocycles. The van der Waals surface area contributed by atoms with Crippen molar-refractivity contribution >= 4 is 34.1 Å². The van der Waals surface area contributed by atoms with Gasteiger partial charge in [0.15, 0.2) is 0 Å². The fourth-order valence-corrected chi connectivity index (χ4v) is 4.64. The standard InChI is InChI=1S/C21H23N3O5S/c1-11-18(20(27)24-15(10-25)19(22)26)14-8-13(4-5-16(14)28-11)29-21(6-3-7-21)17-9-23-12(2)30-17/h4-5,8-9,15,25H,3,6-7,10H2,1-2H3,(H2,22,26)(H,24,27)/t15-/m0/s1. The van der Waals surface area contributed by atoms with Gasteiger partial charge in [-0.05, 0) is 51.3 Å². The molecule has 0 bridgehead atoms. The summed E-state index contributed by atoms with van der Waals surface area (Å²) in [6.45, 7) is 3.06. The number of thiazole rings is 1. The Morgan fingerprint density at radius 2 is 2.17 bits per heavy atom. The molecular weight excluding hydrogens is 406 g/mol. The maximum Gasteiger partial charge on any atom is 0.256 e. The molecule has 0 aliphatic heterocycles. The summed E-state index contributed by atoms with van der Waals surface area (Å²) in [7, 11) is 0. The van der Waals surface area contributed by atoms with Crippen molar-refractivity contribution in [2.75, 3.05) is 6.61 Å². The van der Waals surface area contributed by atoms with Crippen LogP contribution in [0.25, 0.3) is 11.0 Å². The highest BCUT2D eigenvalue weighted by molar-refractivity contribution is 7.11. The van der Waals surface area contributed by atoms with Crippen molar-refractivity contribution in [3.63, 3.8) is 0 Å². The second kappa shape index (κ2) is 7.73. The number of amides is 2. The van der Waals surface area contributed by atoms with Gasteiger partial charge in [0.25, 0.3) is 5.91 Å². The highest BCUT2D eigenvalue weighted by atomic mass is 32.1. The predicted molar refractivity (Wildman–Crippen MR) is 111 cm³/mol. The zero-order valence-electron chi connectivity index (χ0n) is 16.7. The van der Waals surface area contributed by atoms with E-state index in [0.717, 1.165) is 29.1 Å². The summed E-state index contributed by atoms with van der Waals surface area (Å²) in [5.74, 6) is -0.334. The van der Waals surface area contributed by atoms with Gasteiger partial charge in [-0.1, -0.05) is 0 Å². The van der Waals surface area contributed by atoms with Gasteiger partial charge in [0, 0.05) is 11.6 Å². The molecule has 4 rings (SSSR count). The van der Waals surface area contributed by atoms with Crippen LogP contribution in [0, 0.1) is 13.8 Å². The van der Waals surface area contributed by atoms with Gasteiger partial charge in [-0.2, -0.15) is 0 Å². The first-order valence-corrected chi connectivity index (χ1v) is 10.5. The number of primary amides is 1. The minimum absolute atomic E-state index is 0.284. The molecule has 1 aliphatic rings. The van der Waals surface area contributed by atoms with Crippen LogP contribution in [0.1, 0.15) is 45.3 Å². The number of hydrogen-bond donors (Lipinski definition) is 3. The van der Waals surface area contributed by atoms with Gasteiger partial charge >= 0.3 is 0 Å². The third-order valence-electron chi connectivity index (χ3n) is 5.44. The monoisotopic (exact) mass is 429 g/mol. The predicted octanol–water partition coefficient (Wildman–Crippen LogP) is 2.54. The number of aliphatic hydroxyl groups is 1. The molecule has 2 amide bonds. The van der Waals surface area contributed by atoms with Gasteiger partial charge in [-0.25, -0.2) is 4.98 Å². The molecule has 1 fully saturated rings. The average molecular weight is 429 g/mol. The number of aryl methyl sites for hydroxylation is 2. The number of carbonyl (C=O) groups is 2. The number of nitrogens with two attached hydrogens (primary N) is 1. The quantitative estimate of drug-likeness (QED) is 0.530. The van der Waals surface area contributed by atoms with Crippen LogP contribution in [0.5, 0.6) is 5.75 Å². The van der Waals surface area contributed by atoms with E-state index in [0.29, 0.717) is 22.5 Å². The molecule has 158 valence electrons. The average Bonchev–Trinajstić information content (AvgIpc) is 3.24. The molecule has 1 atom stereocenters. The number of aliphatic hydroxyl groups excluding tert-OH is 1. The molecule has 1 saturated carbocycles. The Balaban J connectivity index is 1.66. The topological polar surface area (TPSA) is 128 Å². The van der Waals surface area contributed by atoms with Gasteiger partial charge in [0.2, 0.25) is 5.91 Å². The van der Waals surface area contributed by atoms with Crippen molar-refractivity contribution in [1.29, 1.82) is 0 Å². The smallest absolute Gasteiger partial charge is 0.256 e. The Kier molecular flexibility index (Phi) is 5.25. The van der Waals surface area contributed by atoms with Crippen LogP contribution in [-0.4, -0.2) is 34.6 Å². The van der Waals surface area contributed by atoms with E-state index in [2.05, 4.69) is 10.3 Å². The molecule has 9 heteroatoms. The fraction of sp³-hybridized carbons (Fsp3) is 0.381. The Labute approximate surface area is 177 Å². The van der Waals surface area contributed by atoms with E-state index in [9.17, 15) is 14.7 Å². The number of nitrogens with zero attached hydrogens (tertiary/aromatic N) is 1. The zero-order chi connectivity index (χ0) is 21.5. The first kappa shape index (κ1) is 20.4. The van der Waals surface area contributed by atoms with E-state index in [1.165, 1.54) is 0 Å². The molecule has 0 saturated heterocycles. The van der Waals surface area contributed by atoms with Crippen molar-refractivity contribution in [3.05, 3.63) is 45.6 Å². The van der Waals surface area contributed by atoms with Crippen molar-refractivity contribution in [2.24, 2.45) is 5.73 Å². The largest absolute Gasteiger partial charge is 0.482 e. The summed E-state index contributed by atoms with van der Waals surface area (Å²) >= 11 is 1.63. The van der Waals surface area contributed by atoms with Gasteiger partial charge in [0.05, 0.1) is 22.1 Å². The van der Waals surface area contributed by atoms with Gasteiger partial charge < -0.3 is 25.3 Å². The Bertz CT molecular complexity index is 1120. The number of benzene rings is 1. The van der Waals surface area contributed by atoms with E-state index in [1.807, 2.05) is 19.2 Å².